The van der Waals surface area contributed by atoms with E-state index in [0.29, 0.717) is 15.6 Å². The van der Waals surface area contributed by atoms with Gasteiger partial charge >= 0.3 is 0 Å². The molecule has 2 nitrogen and oxygen atoms in total. The minimum Gasteiger partial charge on any atom is -0.307 e. The van der Waals surface area contributed by atoms with Gasteiger partial charge in [-0.3, -0.25) is 4.79 Å². The number of carbonyl (C=O) groups excluding carboxylic acids is 1. The zero-order valence-corrected chi connectivity index (χ0v) is 10.2. The Labute approximate surface area is 99.6 Å². The fourth-order valence-electron chi connectivity index (χ4n) is 1.10. The van der Waals surface area contributed by atoms with Crippen molar-refractivity contribution in [2.75, 3.05) is 6.54 Å². The average molecular weight is 246 g/mol. The molecule has 0 radical (unpaired) electrons. The summed E-state index contributed by atoms with van der Waals surface area (Å²) in [6.45, 7) is 4.23. The number of carbonyl (C=O) groups is 1. The molecule has 0 aliphatic rings. The highest BCUT2D eigenvalue weighted by atomic mass is 35.5. The first-order chi connectivity index (χ1) is 7.00. The molecule has 0 unspecified atom stereocenters. The van der Waals surface area contributed by atoms with Gasteiger partial charge < -0.3 is 5.32 Å². The van der Waals surface area contributed by atoms with Crippen LogP contribution in [0.2, 0.25) is 10.0 Å². The third kappa shape index (κ3) is 3.82. The molecule has 1 aromatic rings. The molecule has 15 heavy (non-hydrogen) atoms. The van der Waals surface area contributed by atoms with Gasteiger partial charge in [-0.2, -0.15) is 0 Å². The predicted molar refractivity (Wildman–Crippen MR) is 63.9 cm³/mol. The highest BCUT2D eigenvalue weighted by Gasteiger charge is 2.10. The Morgan fingerprint density at radius 2 is 2.07 bits per heavy atom. The number of hydrogen-bond donors (Lipinski definition) is 1. The minimum atomic E-state index is -0.0452. The first-order valence-electron chi connectivity index (χ1n) is 4.72. The number of benzene rings is 1. The molecule has 0 atom stereocenters. The summed E-state index contributed by atoms with van der Waals surface area (Å²) in [7, 11) is 0. The van der Waals surface area contributed by atoms with Crippen LogP contribution in [-0.2, 0) is 0 Å². The molecule has 1 N–H and O–H groups in total. The summed E-state index contributed by atoms with van der Waals surface area (Å²) in [6.07, 6.45) is 0. The van der Waals surface area contributed by atoms with Crippen molar-refractivity contribution in [3.05, 3.63) is 33.8 Å². The molecule has 0 aliphatic carbocycles. The van der Waals surface area contributed by atoms with E-state index < -0.39 is 0 Å². The summed E-state index contributed by atoms with van der Waals surface area (Å²) in [5.74, 6) is -0.0452. The van der Waals surface area contributed by atoms with Crippen molar-refractivity contribution in [1.29, 1.82) is 0 Å². The van der Waals surface area contributed by atoms with E-state index in [2.05, 4.69) is 5.32 Å². The summed E-state index contributed by atoms with van der Waals surface area (Å²) in [4.78, 5) is 11.7. The number of halogens is 2. The maximum absolute atomic E-state index is 11.7. The smallest absolute Gasteiger partial charge is 0.178 e. The molecule has 1 rings (SSSR count). The van der Waals surface area contributed by atoms with Gasteiger partial charge in [0, 0.05) is 16.6 Å². The Kier molecular flexibility index (Phi) is 4.58. The van der Waals surface area contributed by atoms with Gasteiger partial charge in [0.05, 0.1) is 11.6 Å². The van der Waals surface area contributed by atoms with Crippen LogP contribution in [-0.4, -0.2) is 18.4 Å². The van der Waals surface area contributed by atoms with Crippen LogP contribution in [0.5, 0.6) is 0 Å². The Bertz CT molecular complexity index is 364. The normalized spacial score (nSPS) is 10.7. The maximum Gasteiger partial charge on any atom is 0.178 e. The lowest BCUT2D eigenvalue weighted by atomic mass is 10.1. The van der Waals surface area contributed by atoms with E-state index in [1.807, 2.05) is 13.8 Å². The second kappa shape index (κ2) is 5.50. The lowest BCUT2D eigenvalue weighted by Gasteiger charge is -2.08. The van der Waals surface area contributed by atoms with Crippen LogP contribution in [0.3, 0.4) is 0 Å². The molecule has 82 valence electrons. The largest absolute Gasteiger partial charge is 0.307 e. The SMILES string of the molecule is CC(C)NCC(=O)c1cc(Cl)ccc1Cl. The van der Waals surface area contributed by atoms with Crippen LogP contribution in [0.25, 0.3) is 0 Å². The van der Waals surface area contributed by atoms with Gasteiger partial charge in [0.25, 0.3) is 0 Å². The summed E-state index contributed by atoms with van der Waals surface area (Å²) in [5, 5.41) is 4.00. The van der Waals surface area contributed by atoms with Crippen molar-refractivity contribution in [3.63, 3.8) is 0 Å². The Morgan fingerprint density at radius 3 is 2.67 bits per heavy atom. The predicted octanol–water partition coefficient (Wildman–Crippen LogP) is 3.17. The fraction of sp³-hybridized carbons (Fsp3) is 0.364. The molecular weight excluding hydrogens is 233 g/mol. The van der Waals surface area contributed by atoms with E-state index in [1.165, 1.54) is 0 Å². The molecular formula is C11H13Cl2NO. The van der Waals surface area contributed by atoms with E-state index in [1.54, 1.807) is 18.2 Å². The molecule has 0 fully saturated rings. The van der Waals surface area contributed by atoms with E-state index >= 15 is 0 Å². The molecule has 4 heteroatoms. The number of rotatable bonds is 4. The van der Waals surface area contributed by atoms with Gasteiger partial charge in [-0.25, -0.2) is 0 Å². The maximum atomic E-state index is 11.7. The third-order valence-corrected chi connectivity index (χ3v) is 2.46. The van der Waals surface area contributed by atoms with Crippen molar-refractivity contribution >= 4 is 29.0 Å². The van der Waals surface area contributed by atoms with Gasteiger partial charge in [-0.1, -0.05) is 37.0 Å². The topological polar surface area (TPSA) is 29.1 Å². The Morgan fingerprint density at radius 1 is 1.40 bits per heavy atom. The van der Waals surface area contributed by atoms with Gasteiger partial charge in [0.1, 0.15) is 0 Å². The van der Waals surface area contributed by atoms with Gasteiger partial charge in [0.15, 0.2) is 5.78 Å². The van der Waals surface area contributed by atoms with Gasteiger partial charge in [0.2, 0.25) is 0 Å². The van der Waals surface area contributed by atoms with Crippen LogP contribution in [0, 0.1) is 0 Å². The quantitative estimate of drug-likeness (QED) is 0.826. The second-order valence-electron chi connectivity index (χ2n) is 3.58. The number of hydrogen-bond acceptors (Lipinski definition) is 2. The molecule has 0 aromatic heterocycles. The van der Waals surface area contributed by atoms with E-state index in [0.717, 1.165) is 0 Å². The molecule has 1 aromatic carbocycles. The van der Waals surface area contributed by atoms with Gasteiger partial charge in [-0.15, -0.1) is 0 Å². The first-order valence-corrected chi connectivity index (χ1v) is 5.48. The molecule has 0 saturated carbocycles. The highest BCUT2D eigenvalue weighted by Crippen LogP contribution is 2.20. The van der Waals surface area contributed by atoms with Crippen molar-refractivity contribution in [1.82, 2.24) is 5.32 Å². The van der Waals surface area contributed by atoms with Crippen LogP contribution in [0.15, 0.2) is 18.2 Å². The standard InChI is InChI=1S/C11H13Cl2NO/c1-7(2)14-6-11(15)9-5-8(12)3-4-10(9)13/h3-5,7,14H,6H2,1-2H3. The van der Waals surface area contributed by atoms with Crippen molar-refractivity contribution in [2.24, 2.45) is 0 Å². The van der Waals surface area contributed by atoms with E-state index in [-0.39, 0.29) is 18.4 Å². The van der Waals surface area contributed by atoms with E-state index in [9.17, 15) is 4.79 Å². The van der Waals surface area contributed by atoms with Crippen LogP contribution in [0.1, 0.15) is 24.2 Å². The lowest BCUT2D eigenvalue weighted by Crippen LogP contribution is -2.29. The number of ketones is 1. The summed E-state index contributed by atoms with van der Waals surface area (Å²) < 4.78 is 0. The second-order valence-corrected chi connectivity index (χ2v) is 4.43. The summed E-state index contributed by atoms with van der Waals surface area (Å²) >= 11 is 11.7. The first kappa shape index (κ1) is 12.5. The molecule has 0 spiro atoms. The highest BCUT2D eigenvalue weighted by molar-refractivity contribution is 6.36. The van der Waals surface area contributed by atoms with Crippen molar-refractivity contribution in [3.8, 4) is 0 Å². The molecule has 0 aliphatic heterocycles. The van der Waals surface area contributed by atoms with Gasteiger partial charge in [-0.05, 0) is 18.2 Å². The van der Waals surface area contributed by atoms with Crippen LogP contribution in [0.4, 0.5) is 0 Å². The zero-order chi connectivity index (χ0) is 11.4. The van der Waals surface area contributed by atoms with Crippen LogP contribution >= 0.6 is 23.2 Å². The Hall–Kier alpha value is -0.570. The zero-order valence-electron chi connectivity index (χ0n) is 8.68. The lowest BCUT2D eigenvalue weighted by molar-refractivity contribution is 0.0988. The minimum absolute atomic E-state index is 0.0452. The fourth-order valence-corrected chi connectivity index (χ4v) is 1.50. The summed E-state index contributed by atoms with van der Waals surface area (Å²) in [6, 6.07) is 5.16. The average Bonchev–Trinajstić information content (AvgIpc) is 2.18. The number of Topliss-reactive ketones (excluding diaryl/α,β-unsaturated/α-hetero) is 1. The van der Waals surface area contributed by atoms with Crippen LogP contribution < -0.4 is 5.32 Å². The number of nitrogens with one attached hydrogen (secondary N) is 1. The van der Waals surface area contributed by atoms with Crippen molar-refractivity contribution < 1.29 is 4.79 Å². The molecule has 0 amide bonds. The molecule has 0 heterocycles. The third-order valence-electron chi connectivity index (χ3n) is 1.90. The van der Waals surface area contributed by atoms with E-state index in [4.69, 9.17) is 23.2 Å². The summed E-state index contributed by atoms with van der Waals surface area (Å²) in [5.41, 5.74) is 0.470. The molecule has 0 saturated heterocycles. The van der Waals surface area contributed by atoms with Crippen molar-refractivity contribution in [2.45, 2.75) is 19.9 Å². The molecule has 0 bridgehead atoms. The monoisotopic (exact) mass is 245 g/mol. The Balaban J connectivity index is 2.77.